The van der Waals surface area contributed by atoms with Gasteiger partial charge in [0.25, 0.3) is 0 Å². The van der Waals surface area contributed by atoms with Gasteiger partial charge >= 0.3 is 5.97 Å². The number of methoxy groups -OCH3 is 8. The second-order valence-corrected chi connectivity index (χ2v) is 15.8. The quantitative estimate of drug-likeness (QED) is 0.0822. The Morgan fingerprint density at radius 3 is 1.66 bits per heavy atom. The number of benzene rings is 2. The van der Waals surface area contributed by atoms with E-state index >= 15 is 0 Å². The van der Waals surface area contributed by atoms with Crippen LogP contribution in [0.5, 0.6) is 0 Å². The van der Waals surface area contributed by atoms with E-state index in [4.69, 9.17) is 66.3 Å². The van der Waals surface area contributed by atoms with Crippen molar-refractivity contribution in [2.75, 3.05) is 76.7 Å². The van der Waals surface area contributed by atoms with E-state index in [0.717, 1.165) is 22.3 Å². The second-order valence-electron chi connectivity index (χ2n) is 15.8. The molecule has 3 heterocycles. The van der Waals surface area contributed by atoms with Crippen LogP contribution in [-0.2, 0) is 75.9 Å². The van der Waals surface area contributed by atoms with Gasteiger partial charge in [-0.1, -0.05) is 53.6 Å². The van der Waals surface area contributed by atoms with E-state index in [9.17, 15) is 15.1 Å². The molecule has 1 aliphatic carbocycles. The Morgan fingerprint density at radius 2 is 1.12 bits per heavy atom. The lowest BCUT2D eigenvalue weighted by Crippen LogP contribution is -2.68. The van der Waals surface area contributed by atoms with Gasteiger partial charge in [-0.25, -0.2) is 0 Å². The number of hydrogen-bond acceptors (Lipinski definition) is 17. The summed E-state index contributed by atoms with van der Waals surface area (Å²) < 4.78 is 84.8. The third-order valence-corrected chi connectivity index (χ3v) is 12.3. The summed E-state index contributed by atoms with van der Waals surface area (Å²) in [5.74, 6) is -1.07. The van der Waals surface area contributed by atoms with E-state index in [1.54, 1.807) is 6.92 Å². The van der Waals surface area contributed by atoms with Crippen molar-refractivity contribution in [1.29, 1.82) is 0 Å². The maximum absolute atomic E-state index is 13.4. The summed E-state index contributed by atoms with van der Waals surface area (Å²) in [7, 11) is 11.9. The zero-order valence-electron chi connectivity index (χ0n) is 37.8. The highest BCUT2D eigenvalue weighted by Crippen LogP contribution is 2.44. The standard InChI is InChI=1S/C44H62N4O16/c1-23-33(47-48-45)36(53-4)40(57-8)43(60-23)63-35-30(22-52-3)62-44(41(58-9)38(35)55-6)64-34-29(21-51-2)61-42(39(56-7)37(34)54-5)46-31(49)18-19-32(50)59-20-28-26-16-12-10-14-24(26)25-15-11-13-17-27(25)28/h10-17,23,28-30,33-44H,18-22H2,1-9H3,(H,46,49)/t23?,29?,30?,33-,34-,35-,36-,37-,38-,39?,40?,41?,42?,43-,44-/m0/s1. The third kappa shape index (κ3) is 10.7. The molecule has 0 saturated carbocycles. The summed E-state index contributed by atoms with van der Waals surface area (Å²) in [6.07, 6.45) is -12.5. The molecular weight excluding hydrogens is 840 g/mol. The Labute approximate surface area is 373 Å². The number of rotatable bonds is 21. The fourth-order valence-corrected chi connectivity index (χ4v) is 9.26. The van der Waals surface area contributed by atoms with Crippen LogP contribution in [0.3, 0.4) is 0 Å². The highest BCUT2D eigenvalue weighted by atomic mass is 16.8. The molecular formula is C44H62N4O16. The van der Waals surface area contributed by atoms with Crippen LogP contribution in [0.2, 0.25) is 0 Å². The smallest absolute Gasteiger partial charge is 0.306 e. The van der Waals surface area contributed by atoms with E-state index < -0.39 is 104 Å². The van der Waals surface area contributed by atoms with Gasteiger partial charge < -0.3 is 71.6 Å². The normalized spacial score (nSPS) is 33.7. The molecule has 3 aliphatic heterocycles. The average Bonchev–Trinajstić information content (AvgIpc) is 3.62. The van der Waals surface area contributed by atoms with E-state index in [1.165, 1.54) is 56.9 Å². The molecule has 2 aromatic carbocycles. The molecule has 64 heavy (non-hydrogen) atoms. The molecule has 6 rings (SSSR count). The molecule has 1 amide bonds. The minimum Gasteiger partial charge on any atom is -0.465 e. The van der Waals surface area contributed by atoms with Crippen LogP contribution in [0.15, 0.2) is 53.6 Å². The molecule has 3 fully saturated rings. The van der Waals surface area contributed by atoms with Crippen molar-refractivity contribution in [3.63, 3.8) is 0 Å². The lowest BCUT2D eigenvalue weighted by molar-refractivity contribution is -0.374. The number of nitrogens with zero attached hydrogens (tertiary/aromatic N) is 3. The van der Waals surface area contributed by atoms with Gasteiger partial charge in [0.2, 0.25) is 5.91 Å². The number of amides is 1. The summed E-state index contributed by atoms with van der Waals surface area (Å²) in [6.45, 7) is 1.96. The molecule has 1 N–H and O–H groups in total. The number of azide groups is 1. The Morgan fingerprint density at radius 1 is 0.625 bits per heavy atom. The lowest BCUT2D eigenvalue weighted by atomic mass is 9.95. The zero-order chi connectivity index (χ0) is 45.9. The first kappa shape index (κ1) is 49.6. The number of esters is 1. The number of carbonyl (C=O) groups is 2. The molecule has 354 valence electrons. The van der Waals surface area contributed by atoms with E-state index in [1.807, 2.05) is 36.4 Å². The predicted molar refractivity (Wildman–Crippen MR) is 225 cm³/mol. The Balaban J connectivity index is 1.11. The largest absolute Gasteiger partial charge is 0.465 e. The predicted octanol–water partition coefficient (Wildman–Crippen LogP) is 3.27. The van der Waals surface area contributed by atoms with E-state index in [2.05, 4.69) is 27.5 Å². The Kier molecular flexibility index (Phi) is 18.3. The third-order valence-electron chi connectivity index (χ3n) is 12.3. The number of carbonyl (C=O) groups excluding carboxylic acids is 2. The minimum atomic E-state index is -1.12. The molecule has 0 bridgehead atoms. The first-order valence-corrected chi connectivity index (χ1v) is 21.2. The van der Waals surface area contributed by atoms with Gasteiger partial charge in [0.05, 0.1) is 37.9 Å². The topological polar surface area (TPSA) is 224 Å². The van der Waals surface area contributed by atoms with Crippen LogP contribution >= 0.6 is 0 Å². The van der Waals surface area contributed by atoms with Crippen LogP contribution in [0.25, 0.3) is 21.6 Å². The first-order chi connectivity index (χ1) is 31.1. The van der Waals surface area contributed by atoms with Gasteiger partial charge in [0.1, 0.15) is 61.5 Å². The van der Waals surface area contributed by atoms with Gasteiger partial charge in [-0.2, -0.15) is 0 Å². The average molecular weight is 903 g/mol. The van der Waals surface area contributed by atoms with Crippen molar-refractivity contribution in [3.8, 4) is 11.1 Å². The van der Waals surface area contributed by atoms with Crippen molar-refractivity contribution < 1.29 is 75.9 Å². The van der Waals surface area contributed by atoms with Crippen molar-refractivity contribution in [1.82, 2.24) is 5.32 Å². The van der Waals surface area contributed by atoms with E-state index in [0.29, 0.717) is 0 Å². The van der Waals surface area contributed by atoms with Crippen molar-refractivity contribution >= 4 is 11.9 Å². The lowest BCUT2D eigenvalue weighted by Gasteiger charge is -2.51. The molecule has 0 radical (unpaired) electrons. The monoisotopic (exact) mass is 902 g/mol. The molecule has 4 aliphatic rings. The Bertz CT molecular complexity index is 1830. The molecule has 2 aromatic rings. The highest BCUT2D eigenvalue weighted by Gasteiger charge is 2.55. The van der Waals surface area contributed by atoms with Crippen LogP contribution in [0.1, 0.15) is 36.8 Å². The van der Waals surface area contributed by atoms with Gasteiger partial charge in [0.15, 0.2) is 18.8 Å². The first-order valence-electron chi connectivity index (χ1n) is 21.2. The van der Waals surface area contributed by atoms with Gasteiger partial charge in [0, 0.05) is 74.1 Å². The Hall–Kier alpha value is -3.83. The number of fused-ring (bicyclic) bond motifs is 3. The summed E-state index contributed by atoms with van der Waals surface area (Å²) in [5.41, 5.74) is 13.6. The zero-order valence-corrected chi connectivity index (χ0v) is 37.8. The number of hydrogen-bond donors (Lipinski definition) is 1. The maximum Gasteiger partial charge on any atom is 0.306 e. The second kappa shape index (κ2) is 23.6. The molecule has 15 atom stereocenters. The van der Waals surface area contributed by atoms with Gasteiger partial charge in [-0.3, -0.25) is 9.59 Å². The highest BCUT2D eigenvalue weighted by molar-refractivity contribution is 5.82. The fourth-order valence-electron chi connectivity index (χ4n) is 9.26. The van der Waals surface area contributed by atoms with E-state index in [-0.39, 0.29) is 38.6 Å². The van der Waals surface area contributed by atoms with Crippen LogP contribution in [-0.4, -0.2) is 181 Å². The van der Waals surface area contributed by atoms with Gasteiger partial charge in [-0.05, 0) is 34.7 Å². The summed E-state index contributed by atoms with van der Waals surface area (Å²) >= 11 is 0. The molecule has 7 unspecified atom stereocenters. The fraction of sp³-hybridized carbons (Fsp3) is 0.682. The summed E-state index contributed by atoms with van der Waals surface area (Å²) in [6, 6.07) is 15.5. The van der Waals surface area contributed by atoms with Crippen LogP contribution in [0, 0.1) is 0 Å². The SMILES string of the molecule is COCC1OC(NC(=O)CCC(=O)OCC2c3ccccc3-c3ccccc32)C(OC)[C@@H](OC)[C@H]1O[C@@H]1OC(COC)[C@H](O[C@@H]2OC(C)[C@H](N=[N+]=[N-])[C@H](OC)C2OC)[C@H](OC)C1OC. The maximum atomic E-state index is 13.4. The van der Waals surface area contributed by atoms with Crippen LogP contribution in [0.4, 0.5) is 0 Å². The molecule has 20 nitrogen and oxygen atoms in total. The summed E-state index contributed by atoms with van der Waals surface area (Å²) in [5, 5.41) is 6.74. The van der Waals surface area contributed by atoms with Gasteiger partial charge in [-0.15, -0.1) is 0 Å². The molecule has 0 aromatic heterocycles. The van der Waals surface area contributed by atoms with Crippen molar-refractivity contribution in [2.24, 2.45) is 5.11 Å². The van der Waals surface area contributed by atoms with Crippen LogP contribution < -0.4 is 5.32 Å². The number of nitrogens with one attached hydrogen (secondary N) is 1. The molecule has 3 saturated heterocycles. The summed E-state index contributed by atoms with van der Waals surface area (Å²) in [4.78, 5) is 29.4. The van der Waals surface area contributed by atoms with Crippen molar-refractivity contribution in [3.05, 3.63) is 70.1 Å². The molecule has 0 spiro atoms. The number of ether oxygens (including phenoxy) is 14. The molecule has 20 heteroatoms. The van der Waals surface area contributed by atoms with Crippen molar-refractivity contribution in [2.45, 2.75) is 118 Å². The minimum absolute atomic E-state index is 0.0194.